The van der Waals surface area contributed by atoms with Gasteiger partial charge in [-0.1, -0.05) is 36.4 Å². The van der Waals surface area contributed by atoms with Crippen LogP contribution >= 0.6 is 0 Å². The van der Waals surface area contributed by atoms with E-state index in [-0.39, 0.29) is 16.8 Å². The van der Waals surface area contributed by atoms with Crippen molar-refractivity contribution in [2.75, 3.05) is 19.1 Å². The molecule has 0 unspecified atom stereocenters. The molecule has 0 radical (unpaired) electrons. The minimum atomic E-state index is -0.900. The van der Waals surface area contributed by atoms with Crippen LogP contribution in [0.3, 0.4) is 0 Å². The summed E-state index contributed by atoms with van der Waals surface area (Å²) in [7, 11) is 2.74. The molecule has 3 aromatic rings. The van der Waals surface area contributed by atoms with Gasteiger partial charge in [0.2, 0.25) is 0 Å². The lowest BCUT2D eigenvalue weighted by atomic mass is 10.0. The summed E-state index contributed by atoms with van der Waals surface area (Å²) in [6, 6.07) is 17.8. The number of esters is 1. The number of carbonyl (C=O) groups is 4. The highest BCUT2D eigenvalue weighted by Gasteiger charge is 2.37. The number of carbonyl (C=O) groups excluding carboxylic acids is 4. The zero-order chi connectivity index (χ0) is 27.9. The van der Waals surface area contributed by atoms with Crippen molar-refractivity contribution in [2.45, 2.75) is 13.0 Å². The maximum atomic E-state index is 13.3. The van der Waals surface area contributed by atoms with Crippen molar-refractivity contribution >= 4 is 35.6 Å². The fraction of sp³-hybridized carbons (Fsp3) is 0.133. The number of urea groups is 1. The molecule has 1 aliphatic rings. The Hall–Kier alpha value is -5.18. The van der Waals surface area contributed by atoms with Crippen LogP contribution in [0.5, 0.6) is 11.5 Å². The summed E-state index contributed by atoms with van der Waals surface area (Å²) in [5.74, 6) is -1.28. The number of imide groups is 2. The van der Waals surface area contributed by atoms with Gasteiger partial charge in [0.1, 0.15) is 12.2 Å². The lowest BCUT2D eigenvalue weighted by Crippen LogP contribution is -2.54. The number of anilines is 1. The maximum Gasteiger partial charge on any atom is 0.337 e. The summed E-state index contributed by atoms with van der Waals surface area (Å²) >= 11 is 0. The SMILES string of the molecule is C=CCc1cc(/C=C2\C(=O)NC(=O)N(c3ccc(C(=O)OC)cc3)C2=O)cc(OC)c1OCc1ccccc1. The fourth-order valence-electron chi connectivity index (χ4n) is 4.04. The van der Waals surface area contributed by atoms with Crippen molar-refractivity contribution in [3.8, 4) is 11.5 Å². The number of ether oxygens (including phenoxy) is 3. The minimum Gasteiger partial charge on any atom is -0.493 e. The van der Waals surface area contributed by atoms with E-state index in [0.717, 1.165) is 16.0 Å². The maximum absolute atomic E-state index is 13.3. The van der Waals surface area contributed by atoms with Gasteiger partial charge in [0.05, 0.1) is 25.5 Å². The van der Waals surface area contributed by atoms with Crippen LogP contribution in [0.25, 0.3) is 6.08 Å². The third-order valence-corrected chi connectivity index (χ3v) is 5.92. The summed E-state index contributed by atoms with van der Waals surface area (Å²) in [5, 5.41) is 2.19. The number of methoxy groups -OCH3 is 2. The first-order valence-electron chi connectivity index (χ1n) is 11.9. The second kappa shape index (κ2) is 11.9. The molecule has 0 aliphatic carbocycles. The summed E-state index contributed by atoms with van der Waals surface area (Å²) < 4.78 is 16.3. The van der Waals surface area contributed by atoms with Gasteiger partial charge in [0.15, 0.2) is 11.5 Å². The number of nitrogens with zero attached hydrogens (tertiary/aromatic N) is 1. The molecule has 1 heterocycles. The number of amides is 4. The molecular formula is C30H26N2O7. The quantitative estimate of drug-likeness (QED) is 0.190. The van der Waals surface area contributed by atoms with Gasteiger partial charge in [0.25, 0.3) is 11.8 Å². The van der Waals surface area contributed by atoms with Crippen LogP contribution < -0.4 is 19.7 Å². The van der Waals surface area contributed by atoms with E-state index in [1.54, 1.807) is 18.2 Å². The van der Waals surface area contributed by atoms with E-state index in [1.807, 2.05) is 30.3 Å². The lowest BCUT2D eigenvalue weighted by Gasteiger charge is -2.26. The average molecular weight is 527 g/mol. The van der Waals surface area contributed by atoms with Crippen molar-refractivity contribution in [1.29, 1.82) is 0 Å². The number of hydrogen-bond donors (Lipinski definition) is 1. The van der Waals surface area contributed by atoms with Gasteiger partial charge in [-0.25, -0.2) is 14.5 Å². The minimum absolute atomic E-state index is 0.179. The number of hydrogen-bond acceptors (Lipinski definition) is 7. The topological polar surface area (TPSA) is 111 Å². The van der Waals surface area contributed by atoms with Gasteiger partial charge in [-0.15, -0.1) is 6.58 Å². The van der Waals surface area contributed by atoms with E-state index >= 15 is 0 Å². The molecule has 0 spiro atoms. The first kappa shape index (κ1) is 26.9. The zero-order valence-electron chi connectivity index (χ0n) is 21.4. The summed E-state index contributed by atoms with van der Waals surface area (Å²) in [4.78, 5) is 51.1. The molecular weight excluding hydrogens is 500 g/mol. The van der Waals surface area contributed by atoms with Crippen LogP contribution in [-0.4, -0.2) is 38.0 Å². The Bertz CT molecular complexity index is 1460. The molecule has 1 fully saturated rings. The van der Waals surface area contributed by atoms with Crippen molar-refractivity contribution in [3.63, 3.8) is 0 Å². The van der Waals surface area contributed by atoms with E-state index in [1.165, 1.54) is 44.6 Å². The molecule has 198 valence electrons. The Kier molecular flexibility index (Phi) is 8.21. The third kappa shape index (κ3) is 5.88. The highest BCUT2D eigenvalue weighted by Crippen LogP contribution is 2.35. The molecule has 0 atom stereocenters. The van der Waals surface area contributed by atoms with Gasteiger partial charge in [0, 0.05) is 5.56 Å². The van der Waals surface area contributed by atoms with Crippen molar-refractivity contribution in [3.05, 3.63) is 107 Å². The number of allylic oxidation sites excluding steroid dienone is 1. The standard InChI is InChI=1S/C30H26N2O7/c1-4-8-22-15-20(17-25(37-2)26(22)39-18-19-9-6-5-7-10-19)16-24-27(33)31-30(36)32(28(24)34)23-13-11-21(12-14-23)29(35)38-3/h4-7,9-17H,1,8,18H2,2-3H3,(H,31,33,36)/b24-16+. The van der Waals surface area contributed by atoms with E-state index < -0.39 is 23.8 Å². The van der Waals surface area contributed by atoms with Crippen molar-refractivity contribution in [1.82, 2.24) is 5.32 Å². The van der Waals surface area contributed by atoms with Gasteiger partial charge in [-0.05, 0) is 60.0 Å². The second-order valence-electron chi connectivity index (χ2n) is 8.47. The Morgan fingerprint density at radius 3 is 2.36 bits per heavy atom. The number of barbiturate groups is 1. The fourth-order valence-corrected chi connectivity index (χ4v) is 4.04. The van der Waals surface area contributed by atoms with Crippen LogP contribution in [0.1, 0.15) is 27.0 Å². The Morgan fingerprint density at radius 1 is 1.00 bits per heavy atom. The largest absolute Gasteiger partial charge is 0.493 e. The van der Waals surface area contributed by atoms with Gasteiger partial charge < -0.3 is 14.2 Å². The van der Waals surface area contributed by atoms with E-state index in [2.05, 4.69) is 16.6 Å². The van der Waals surface area contributed by atoms with Crippen LogP contribution in [0.4, 0.5) is 10.5 Å². The monoisotopic (exact) mass is 526 g/mol. The molecule has 9 nitrogen and oxygen atoms in total. The Balaban J connectivity index is 1.68. The van der Waals surface area contributed by atoms with Gasteiger partial charge >= 0.3 is 12.0 Å². The predicted molar refractivity (Wildman–Crippen MR) is 144 cm³/mol. The molecule has 39 heavy (non-hydrogen) atoms. The molecule has 1 N–H and O–H groups in total. The molecule has 0 aromatic heterocycles. The molecule has 0 saturated carbocycles. The summed E-state index contributed by atoms with van der Waals surface area (Å²) in [6.07, 6.45) is 3.53. The third-order valence-electron chi connectivity index (χ3n) is 5.92. The predicted octanol–water partition coefficient (Wildman–Crippen LogP) is 4.46. The molecule has 3 aromatic carbocycles. The number of benzene rings is 3. The molecule has 4 amide bonds. The number of rotatable bonds is 9. The molecule has 4 rings (SSSR count). The van der Waals surface area contributed by atoms with Gasteiger partial charge in [-0.2, -0.15) is 0 Å². The molecule has 1 aliphatic heterocycles. The molecule has 1 saturated heterocycles. The first-order valence-corrected chi connectivity index (χ1v) is 11.9. The van der Waals surface area contributed by atoms with Gasteiger partial charge in [-0.3, -0.25) is 14.9 Å². The lowest BCUT2D eigenvalue weighted by molar-refractivity contribution is -0.122. The number of nitrogens with one attached hydrogen (secondary N) is 1. The zero-order valence-corrected chi connectivity index (χ0v) is 21.4. The molecule has 0 bridgehead atoms. The normalized spacial score (nSPS) is 14.2. The van der Waals surface area contributed by atoms with Crippen molar-refractivity contribution < 1.29 is 33.4 Å². The highest BCUT2D eigenvalue weighted by molar-refractivity contribution is 6.39. The van der Waals surface area contributed by atoms with Crippen LogP contribution in [0, 0.1) is 0 Å². The smallest absolute Gasteiger partial charge is 0.337 e. The Labute approximate surface area is 225 Å². The van der Waals surface area contributed by atoms with Crippen LogP contribution in [0.15, 0.2) is 85.0 Å². The summed E-state index contributed by atoms with van der Waals surface area (Å²) in [5.41, 5.74) is 2.37. The summed E-state index contributed by atoms with van der Waals surface area (Å²) in [6.45, 7) is 4.13. The van der Waals surface area contributed by atoms with Crippen LogP contribution in [-0.2, 0) is 27.4 Å². The van der Waals surface area contributed by atoms with Crippen LogP contribution in [0.2, 0.25) is 0 Å². The van der Waals surface area contributed by atoms with E-state index in [4.69, 9.17) is 9.47 Å². The van der Waals surface area contributed by atoms with E-state index in [9.17, 15) is 19.2 Å². The average Bonchev–Trinajstić information content (AvgIpc) is 2.95. The van der Waals surface area contributed by atoms with Crippen molar-refractivity contribution in [2.24, 2.45) is 0 Å². The molecule has 9 heteroatoms. The second-order valence-corrected chi connectivity index (χ2v) is 8.47. The van der Waals surface area contributed by atoms with E-state index in [0.29, 0.717) is 30.1 Å². The highest BCUT2D eigenvalue weighted by atomic mass is 16.5. The Morgan fingerprint density at radius 2 is 1.72 bits per heavy atom. The first-order chi connectivity index (χ1) is 18.9.